The topological polar surface area (TPSA) is 64.5 Å². The SMILES string of the molecule is CCOc1cc2c(cc1OCC)C(c1cc(OC)ccc1O)[NH2+]CC2. The van der Waals surface area contributed by atoms with Gasteiger partial charge in [-0.3, -0.25) is 0 Å². The van der Waals surface area contributed by atoms with Crippen LogP contribution in [0.5, 0.6) is 23.0 Å². The Kier molecular flexibility index (Phi) is 5.34. The van der Waals surface area contributed by atoms with Gasteiger partial charge >= 0.3 is 0 Å². The molecule has 1 aliphatic rings. The summed E-state index contributed by atoms with van der Waals surface area (Å²) in [5, 5.41) is 12.6. The predicted octanol–water partition coefficient (Wildman–Crippen LogP) is 2.41. The number of fused-ring (bicyclic) bond motifs is 1. The number of hydrogen-bond acceptors (Lipinski definition) is 4. The fraction of sp³-hybridized carbons (Fsp3) is 0.400. The van der Waals surface area contributed by atoms with Crippen LogP contribution in [0.15, 0.2) is 30.3 Å². The minimum Gasteiger partial charge on any atom is -0.507 e. The van der Waals surface area contributed by atoms with E-state index in [4.69, 9.17) is 14.2 Å². The van der Waals surface area contributed by atoms with Crippen LogP contribution in [0.25, 0.3) is 0 Å². The number of phenols is 1. The van der Waals surface area contributed by atoms with E-state index in [1.807, 2.05) is 19.9 Å². The second-order valence-corrected chi connectivity index (χ2v) is 6.04. The first-order chi connectivity index (χ1) is 12.2. The average molecular weight is 344 g/mol. The second-order valence-electron chi connectivity index (χ2n) is 6.04. The lowest BCUT2D eigenvalue weighted by Gasteiger charge is -2.26. The number of rotatable bonds is 6. The zero-order valence-electron chi connectivity index (χ0n) is 15.0. The summed E-state index contributed by atoms with van der Waals surface area (Å²) in [5.41, 5.74) is 3.25. The van der Waals surface area contributed by atoms with Crippen molar-refractivity contribution < 1.29 is 24.6 Å². The Hall–Kier alpha value is -2.40. The fourth-order valence-corrected chi connectivity index (χ4v) is 3.40. The number of aromatic hydroxyl groups is 1. The van der Waals surface area contributed by atoms with Crippen molar-refractivity contribution in [3.8, 4) is 23.0 Å². The average Bonchev–Trinajstić information content (AvgIpc) is 2.63. The molecule has 1 heterocycles. The van der Waals surface area contributed by atoms with Gasteiger partial charge in [0.15, 0.2) is 11.5 Å². The molecule has 2 aromatic rings. The minimum atomic E-state index is 0.00809. The monoisotopic (exact) mass is 344 g/mol. The molecule has 0 bridgehead atoms. The summed E-state index contributed by atoms with van der Waals surface area (Å²) in [6, 6.07) is 9.52. The molecular weight excluding hydrogens is 318 g/mol. The molecule has 2 aromatic carbocycles. The van der Waals surface area contributed by atoms with E-state index in [-0.39, 0.29) is 11.8 Å². The molecule has 5 heteroatoms. The Bertz CT molecular complexity index is 745. The lowest BCUT2D eigenvalue weighted by atomic mass is 9.89. The van der Waals surface area contributed by atoms with Crippen molar-refractivity contribution in [2.45, 2.75) is 26.3 Å². The van der Waals surface area contributed by atoms with Gasteiger partial charge in [-0.25, -0.2) is 0 Å². The normalized spacial score (nSPS) is 16.2. The third-order valence-corrected chi connectivity index (χ3v) is 4.53. The summed E-state index contributed by atoms with van der Waals surface area (Å²) in [7, 11) is 1.64. The molecular formula is C20H26NO4+. The third kappa shape index (κ3) is 3.51. The van der Waals surface area contributed by atoms with Crippen molar-refractivity contribution in [3.05, 3.63) is 47.0 Å². The smallest absolute Gasteiger partial charge is 0.161 e. The van der Waals surface area contributed by atoms with Gasteiger partial charge in [-0.05, 0) is 49.7 Å². The number of methoxy groups -OCH3 is 1. The van der Waals surface area contributed by atoms with E-state index in [9.17, 15) is 5.11 Å². The molecule has 1 aliphatic heterocycles. The van der Waals surface area contributed by atoms with Crippen LogP contribution in [0.2, 0.25) is 0 Å². The van der Waals surface area contributed by atoms with Crippen LogP contribution >= 0.6 is 0 Å². The second kappa shape index (κ2) is 7.66. The molecule has 1 atom stereocenters. The van der Waals surface area contributed by atoms with E-state index in [2.05, 4.69) is 17.4 Å². The molecule has 0 saturated carbocycles. The molecule has 0 aliphatic carbocycles. The first-order valence-corrected chi connectivity index (χ1v) is 8.80. The van der Waals surface area contributed by atoms with Gasteiger partial charge in [-0.2, -0.15) is 0 Å². The highest BCUT2D eigenvalue weighted by Crippen LogP contribution is 2.38. The summed E-state index contributed by atoms with van der Waals surface area (Å²) in [6.45, 7) is 6.07. The summed E-state index contributed by atoms with van der Waals surface area (Å²) in [5.74, 6) is 2.57. The third-order valence-electron chi connectivity index (χ3n) is 4.53. The van der Waals surface area contributed by atoms with Crippen molar-refractivity contribution in [2.75, 3.05) is 26.9 Å². The van der Waals surface area contributed by atoms with Crippen LogP contribution in [0.3, 0.4) is 0 Å². The summed E-state index contributed by atoms with van der Waals surface area (Å²) in [4.78, 5) is 0. The Morgan fingerprint density at radius 1 is 1.04 bits per heavy atom. The van der Waals surface area contributed by atoms with Crippen molar-refractivity contribution in [2.24, 2.45) is 0 Å². The quantitative estimate of drug-likeness (QED) is 0.845. The van der Waals surface area contributed by atoms with Gasteiger partial charge < -0.3 is 24.6 Å². The number of benzene rings is 2. The number of hydrogen-bond donors (Lipinski definition) is 2. The molecule has 0 radical (unpaired) electrons. The molecule has 0 fully saturated rings. The minimum absolute atomic E-state index is 0.00809. The van der Waals surface area contributed by atoms with Crippen molar-refractivity contribution in [3.63, 3.8) is 0 Å². The van der Waals surface area contributed by atoms with Gasteiger partial charge in [0.1, 0.15) is 17.5 Å². The Balaban J connectivity index is 2.08. The van der Waals surface area contributed by atoms with Gasteiger partial charge in [0.05, 0.1) is 32.4 Å². The maximum atomic E-state index is 10.4. The summed E-state index contributed by atoms with van der Waals surface area (Å²) >= 11 is 0. The molecule has 0 saturated heterocycles. The van der Waals surface area contributed by atoms with Gasteiger partial charge in [0.2, 0.25) is 0 Å². The molecule has 1 unspecified atom stereocenters. The van der Waals surface area contributed by atoms with E-state index in [1.165, 1.54) is 5.56 Å². The number of phenolic OH excluding ortho intramolecular Hbond substituents is 1. The molecule has 134 valence electrons. The number of nitrogens with two attached hydrogens (primary N) is 1. The maximum absolute atomic E-state index is 10.4. The standard InChI is InChI=1S/C20H25NO4/c1-4-24-18-10-13-8-9-21-20(15(13)12-19(18)25-5-2)16-11-14(23-3)6-7-17(16)22/h6-7,10-12,20-22H,4-5,8-9H2,1-3H3/p+1. The van der Waals surface area contributed by atoms with Crippen LogP contribution < -0.4 is 19.5 Å². The molecule has 3 N–H and O–H groups in total. The number of quaternary nitrogens is 1. The van der Waals surface area contributed by atoms with E-state index in [1.54, 1.807) is 19.2 Å². The van der Waals surface area contributed by atoms with Crippen LogP contribution in [0.1, 0.15) is 36.6 Å². The molecule has 0 spiro atoms. The zero-order valence-corrected chi connectivity index (χ0v) is 15.0. The van der Waals surface area contributed by atoms with Crippen molar-refractivity contribution in [1.29, 1.82) is 0 Å². The first kappa shape index (κ1) is 17.4. The largest absolute Gasteiger partial charge is 0.507 e. The van der Waals surface area contributed by atoms with Crippen molar-refractivity contribution in [1.82, 2.24) is 0 Å². The van der Waals surface area contributed by atoms with E-state index < -0.39 is 0 Å². The van der Waals surface area contributed by atoms with Crippen LogP contribution in [0, 0.1) is 0 Å². The van der Waals surface area contributed by atoms with E-state index >= 15 is 0 Å². The van der Waals surface area contributed by atoms with Crippen LogP contribution in [-0.4, -0.2) is 32.0 Å². The Labute approximate surface area is 148 Å². The highest BCUT2D eigenvalue weighted by Gasteiger charge is 2.29. The van der Waals surface area contributed by atoms with Gasteiger partial charge in [-0.1, -0.05) is 0 Å². The molecule has 0 amide bonds. The fourth-order valence-electron chi connectivity index (χ4n) is 3.40. The highest BCUT2D eigenvalue weighted by atomic mass is 16.5. The van der Waals surface area contributed by atoms with Gasteiger partial charge in [-0.15, -0.1) is 0 Å². The lowest BCUT2D eigenvalue weighted by molar-refractivity contribution is -0.690. The Morgan fingerprint density at radius 3 is 2.44 bits per heavy atom. The predicted molar refractivity (Wildman–Crippen MR) is 95.8 cm³/mol. The lowest BCUT2D eigenvalue weighted by Crippen LogP contribution is -2.87. The van der Waals surface area contributed by atoms with E-state index in [0.717, 1.165) is 41.3 Å². The zero-order chi connectivity index (χ0) is 17.8. The summed E-state index contributed by atoms with van der Waals surface area (Å²) in [6.07, 6.45) is 0.961. The molecule has 3 rings (SSSR count). The molecule has 5 nitrogen and oxygen atoms in total. The van der Waals surface area contributed by atoms with Gasteiger partial charge in [0.25, 0.3) is 0 Å². The molecule has 0 aromatic heterocycles. The first-order valence-electron chi connectivity index (χ1n) is 8.80. The van der Waals surface area contributed by atoms with Crippen molar-refractivity contribution >= 4 is 0 Å². The Morgan fingerprint density at radius 2 is 1.76 bits per heavy atom. The summed E-state index contributed by atoms with van der Waals surface area (Å²) < 4.78 is 16.9. The maximum Gasteiger partial charge on any atom is 0.161 e. The molecule has 25 heavy (non-hydrogen) atoms. The van der Waals surface area contributed by atoms with E-state index in [0.29, 0.717) is 13.2 Å². The van der Waals surface area contributed by atoms with Crippen LogP contribution in [-0.2, 0) is 6.42 Å². The number of ether oxygens (including phenoxy) is 3. The highest BCUT2D eigenvalue weighted by molar-refractivity contribution is 5.52. The van der Waals surface area contributed by atoms with Gasteiger partial charge in [0, 0.05) is 12.0 Å². The van der Waals surface area contributed by atoms with Crippen LogP contribution in [0.4, 0.5) is 0 Å².